The Kier molecular flexibility index (Phi) is 2.90. The second kappa shape index (κ2) is 4.58. The highest BCUT2D eigenvalue weighted by Gasteiger charge is 2.13. The molecule has 3 aromatic rings. The molecule has 0 bridgehead atoms. The first-order valence-corrected chi connectivity index (χ1v) is 6.85. The number of phenolic OH excluding ortho intramolecular Hbond substituents is 1. The molecular formula is C18H18O. The van der Waals surface area contributed by atoms with Gasteiger partial charge in [0.05, 0.1) is 0 Å². The minimum atomic E-state index is 0.368. The van der Waals surface area contributed by atoms with Crippen molar-refractivity contribution in [1.82, 2.24) is 0 Å². The molecule has 1 N–H and O–H groups in total. The number of hydrogen-bond donors (Lipinski definition) is 1. The maximum Gasteiger partial charge on any atom is 0.123 e. The second-order valence-corrected chi connectivity index (χ2v) is 5.19. The molecule has 0 heterocycles. The van der Waals surface area contributed by atoms with Crippen LogP contribution in [0.5, 0.6) is 5.75 Å². The van der Waals surface area contributed by atoms with E-state index in [1.165, 1.54) is 21.7 Å². The van der Waals surface area contributed by atoms with E-state index in [2.05, 4.69) is 50.2 Å². The number of aromatic hydroxyl groups is 1. The summed E-state index contributed by atoms with van der Waals surface area (Å²) in [6.07, 6.45) is 1.10. The van der Waals surface area contributed by atoms with Crippen LogP contribution < -0.4 is 0 Å². The first-order chi connectivity index (χ1) is 9.22. The molecule has 1 unspecified atom stereocenters. The van der Waals surface area contributed by atoms with E-state index in [4.69, 9.17) is 0 Å². The number of benzene rings is 3. The van der Waals surface area contributed by atoms with Crippen LogP contribution in [0, 0.1) is 0 Å². The number of phenols is 1. The van der Waals surface area contributed by atoms with Crippen LogP contribution in [-0.4, -0.2) is 5.11 Å². The third-order valence-electron chi connectivity index (χ3n) is 4.03. The lowest BCUT2D eigenvalue weighted by Gasteiger charge is -2.17. The number of fused-ring (bicyclic) bond motifs is 2. The fourth-order valence-electron chi connectivity index (χ4n) is 2.84. The molecule has 0 amide bonds. The van der Waals surface area contributed by atoms with Gasteiger partial charge in [0.15, 0.2) is 0 Å². The molecule has 1 heteroatoms. The van der Waals surface area contributed by atoms with Gasteiger partial charge in [0.2, 0.25) is 0 Å². The highest BCUT2D eigenvalue weighted by molar-refractivity contribution is 6.04. The summed E-state index contributed by atoms with van der Waals surface area (Å²) in [5, 5.41) is 14.7. The molecule has 1 atom stereocenters. The predicted octanol–water partition coefficient (Wildman–Crippen LogP) is 5.21. The second-order valence-electron chi connectivity index (χ2n) is 5.19. The number of hydrogen-bond acceptors (Lipinski definition) is 1. The fourth-order valence-corrected chi connectivity index (χ4v) is 2.84. The quantitative estimate of drug-likeness (QED) is 0.619. The van der Waals surface area contributed by atoms with E-state index >= 15 is 0 Å². The Labute approximate surface area is 113 Å². The summed E-state index contributed by atoms with van der Waals surface area (Å²) in [7, 11) is 0. The Morgan fingerprint density at radius 1 is 0.947 bits per heavy atom. The summed E-state index contributed by atoms with van der Waals surface area (Å²) in [6.45, 7) is 4.46. The van der Waals surface area contributed by atoms with E-state index < -0.39 is 0 Å². The zero-order chi connectivity index (χ0) is 13.4. The van der Waals surface area contributed by atoms with Crippen LogP contribution in [0.2, 0.25) is 0 Å². The monoisotopic (exact) mass is 250 g/mol. The van der Waals surface area contributed by atoms with Crippen LogP contribution in [0.4, 0.5) is 0 Å². The third kappa shape index (κ3) is 1.86. The minimum Gasteiger partial charge on any atom is -0.507 e. The van der Waals surface area contributed by atoms with E-state index in [1.807, 2.05) is 6.07 Å². The first kappa shape index (κ1) is 12.0. The average molecular weight is 250 g/mol. The Bertz CT molecular complexity index is 743. The highest BCUT2D eigenvalue weighted by Crippen LogP contribution is 2.37. The predicted molar refractivity (Wildman–Crippen MR) is 81.8 cm³/mol. The van der Waals surface area contributed by atoms with Crippen molar-refractivity contribution in [3.05, 3.63) is 54.1 Å². The van der Waals surface area contributed by atoms with Gasteiger partial charge < -0.3 is 5.11 Å². The molecule has 3 rings (SSSR count). The van der Waals surface area contributed by atoms with Gasteiger partial charge in [0.25, 0.3) is 0 Å². The van der Waals surface area contributed by atoms with Crippen molar-refractivity contribution in [1.29, 1.82) is 0 Å². The van der Waals surface area contributed by atoms with E-state index in [-0.39, 0.29) is 0 Å². The highest BCUT2D eigenvalue weighted by atomic mass is 16.3. The smallest absolute Gasteiger partial charge is 0.123 e. The molecule has 0 aliphatic carbocycles. The average Bonchev–Trinajstić information content (AvgIpc) is 2.45. The fraction of sp³-hybridized carbons (Fsp3) is 0.222. The standard InChI is InChI=1S/C18H18O/c1-3-12(2)18-14-8-5-4-7-13(14)11-16-15(18)9-6-10-17(16)19/h4-12,19H,3H2,1-2H3. The van der Waals surface area contributed by atoms with Gasteiger partial charge >= 0.3 is 0 Å². The van der Waals surface area contributed by atoms with Crippen molar-refractivity contribution in [2.75, 3.05) is 0 Å². The molecule has 0 fully saturated rings. The van der Waals surface area contributed by atoms with Crippen LogP contribution in [0.3, 0.4) is 0 Å². The lowest BCUT2D eigenvalue weighted by atomic mass is 9.88. The summed E-state index contributed by atoms with van der Waals surface area (Å²) < 4.78 is 0. The Balaban J connectivity index is 2.53. The Morgan fingerprint density at radius 2 is 1.68 bits per heavy atom. The van der Waals surface area contributed by atoms with Gasteiger partial charge in [-0.25, -0.2) is 0 Å². The molecule has 0 aliphatic heterocycles. The first-order valence-electron chi connectivity index (χ1n) is 6.85. The van der Waals surface area contributed by atoms with Crippen LogP contribution in [-0.2, 0) is 0 Å². The molecule has 3 aromatic carbocycles. The van der Waals surface area contributed by atoms with Crippen molar-refractivity contribution in [3.63, 3.8) is 0 Å². The topological polar surface area (TPSA) is 20.2 Å². The number of rotatable bonds is 2. The van der Waals surface area contributed by atoms with Crippen molar-refractivity contribution < 1.29 is 5.11 Å². The van der Waals surface area contributed by atoms with E-state index in [0.29, 0.717) is 11.7 Å². The van der Waals surface area contributed by atoms with Crippen molar-refractivity contribution in [2.24, 2.45) is 0 Å². The molecule has 19 heavy (non-hydrogen) atoms. The molecule has 0 saturated heterocycles. The molecular weight excluding hydrogens is 232 g/mol. The van der Waals surface area contributed by atoms with Gasteiger partial charge in [0, 0.05) is 5.39 Å². The van der Waals surface area contributed by atoms with Crippen LogP contribution in [0.1, 0.15) is 31.7 Å². The van der Waals surface area contributed by atoms with Crippen LogP contribution in [0.25, 0.3) is 21.5 Å². The molecule has 0 saturated carbocycles. The van der Waals surface area contributed by atoms with Gasteiger partial charge in [-0.3, -0.25) is 0 Å². The maximum atomic E-state index is 10.1. The summed E-state index contributed by atoms with van der Waals surface area (Å²) >= 11 is 0. The molecule has 0 aromatic heterocycles. The van der Waals surface area contributed by atoms with Gasteiger partial charge in [-0.15, -0.1) is 0 Å². The zero-order valence-corrected chi connectivity index (χ0v) is 11.4. The van der Waals surface area contributed by atoms with Crippen LogP contribution in [0.15, 0.2) is 48.5 Å². The van der Waals surface area contributed by atoms with Gasteiger partial charge in [0.1, 0.15) is 5.75 Å². The third-order valence-corrected chi connectivity index (χ3v) is 4.03. The summed E-state index contributed by atoms with van der Waals surface area (Å²) in [4.78, 5) is 0. The van der Waals surface area contributed by atoms with Gasteiger partial charge in [-0.05, 0) is 46.2 Å². The Morgan fingerprint density at radius 3 is 2.47 bits per heavy atom. The van der Waals surface area contributed by atoms with Crippen molar-refractivity contribution >= 4 is 21.5 Å². The van der Waals surface area contributed by atoms with Crippen LogP contribution >= 0.6 is 0 Å². The van der Waals surface area contributed by atoms with E-state index in [1.54, 1.807) is 6.07 Å². The largest absolute Gasteiger partial charge is 0.507 e. The minimum absolute atomic E-state index is 0.368. The van der Waals surface area contributed by atoms with Gasteiger partial charge in [-0.2, -0.15) is 0 Å². The molecule has 0 aliphatic rings. The SMILES string of the molecule is CCC(C)c1c2ccccc2cc2c(O)cccc12. The lowest BCUT2D eigenvalue weighted by Crippen LogP contribution is -1.95. The van der Waals surface area contributed by atoms with E-state index in [0.717, 1.165) is 11.8 Å². The van der Waals surface area contributed by atoms with Gasteiger partial charge in [-0.1, -0.05) is 50.2 Å². The Hall–Kier alpha value is -2.02. The molecule has 1 nitrogen and oxygen atoms in total. The lowest BCUT2D eigenvalue weighted by molar-refractivity contribution is 0.481. The van der Waals surface area contributed by atoms with Crippen molar-refractivity contribution in [3.8, 4) is 5.75 Å². The van der Waals surface area contributed by atoms with E-state index in [9.17, 15) is 5.11 Å². The summed E-state index contributed by atoms with van der Waals surface area (Å²) in [5.74, 6) is 0.850. The normalized spacial score (nSPS) is 12.9. The molecule has 0 radical (unpaired) electrons. The molecule has 0 spiro atoms. The summed E-state index contributed by atoms with van der Waals surface area (Å²) in [5.41, 5.74) is 1.35. The zero-order valence-electron chi connectivity index (χ0n) is 11.4. The summed E-state index contributed by atoms with van der Waals surface area (Å²) in [6, 6.07) is 16.3. The molecule has 96 valence electrons. The van der Waals surface area contributed by atoms with Crippen molar-refractivity contribution in [2.45, 2.75) is 26.2 Å². The maximum absolute atomic E-state index is 10.1.